The SMILES string of the molecule is CCOC(=O)c1cnc(N2CCN(c3ncc4c(n3)CCN(C(=O)O)C4)CC2)nc1. The van der Waals surface area contributed by atoms with Crippen LogP contribution < -0.4 is 9.80 Å². The minimum Gasteiger partial charge on any atom is -0.465 e. The van der Waals surface area contributed by atoms with E-state index >= 15 is 0 Å². The number of rotatable bonds is 4. The van der Waals surface area contributed by atoms with Crippen molar-refractivity contribution in [3.05, 3.63) is 35.4 Å². The molecule has 0 bridgehead atoms. The Morgan fingerprint density at radius 2 is 1.63 bits per heavy atom. The Bertz CT molecular complexity index is 929. The summed E-state index contributed by atoms with van der Waals surface area (Å²) in [6.07, 6.45) is 4.38. The number of nitrogens with zero attached hydrogens (tertiary/aromatic N) is 7. The molecule has 0 atom stereocenters. The van der Waals surface area contributed by atoms with Crippen molar-refractivity contribution in [2.75, 3.05) is 49.1 Å². The zero-order valence-corrected chi connectivity index (χ0v) is 16.7. The molecule has 0 radical (unpaired) electrons. The van der Waals surface area contributed by atoms with Crippen LogP contribution in [-0.4, -0.2) is 81.3 Å². The maximum atomic E-state index is 11.7. The quantitative estimate of drug-likeness (QED) is 0.720. The summed E-state index contributed by atoms with van der Waals surface area (Å²) in [7, 11) is 0. The molecule has 0 aromatic carbocycles. The first-order chi connectivity index (χ1) is 14.5. The van der Waals surface area contributed by atoms with Crippen molar-refractivity contribution >= 4 is 24.0 Å². The number of anilines is 2. The number of piperazine rings is 1. The van der Waals surface area contributed by atoms with Gasteiger partial charge in [0.25, 0.3) is 0 Å². The average Bonchev–Trinajstić information content (AvgIpc) is 2.78. The van der Waals surface area contributed by atoms with Gasteiger partial charge in [-0.15, -0.1) is 0 Å². The Hall–Kier alpha value is -3.50. The van der Waals surface area contributed by atoms with E-state index in [1.54, 1.807) is 13.1 Å². The van der Waals surface area contributed by atoms with E-state index in [0.717, 1.165) is 11.3 Å². The number of aromatic nitrogens is 4. The van der Waals surface area contributed by atoms with Gasteiger partial charge in [-0.05, 0) is 6.92 Å². The fourth-order valence-electron chi connectivity index (χ4n) is 3.53. The van der Waals surface area contributed by atoms with Gasteiger partial charge in [0.2, 0.25) is 11.9 Å². The van der Waals surface area contributed by atoms with E-state index in [1.807, 2.05) is 0 Å². The van der Waals surface area contributed by atoms with Crippen LogP contribution >= 0.6 is 0 Å². The molecular weight excluding hydrogens is 390 g/mol. The summed E-state index contributed by atoms with van der Waals surface area (Å²) >= 11 is 0. The lowest BCUT2D eigenvalue weighted by molar-refractivity contribution is 0.0525. The van der Waals surface area contributed by atoms with Crippen molar-refractivity contribution in [3.8, 4) is 0 Å². The van der Waals surface area contributed by atoms with E-state index < -0.39 is 12.1 Å². The second-order valence-electron chi connectivity index (χ2n) is 7.06. The predicted octanol–water partition coefficient (Wildman–Crippen LogP) is 0.806. The van der Waals surface area contributed by atoms with Crippen LogP contribution in [0.1, 0.15) is 28.5 Å². The molecule has 4 heterocycles. The number of fused-ring (bicyclic) bond motifs is 1. The predicted molar refractivity (Wildman–Crippen MR) is 107 cm³/mol. The molecule has 2 aromatic rings. The lowest BCUT2D eigenvalue weighted by Crippen LogP contribution is -2.48. The number of carbonyl (C=O) groups excluding carboxylic acids is 1. The lowest BCUT2D eigenvalue weighted by atomic mass is 10.1. The molecule has 0 spiro atoms. The van der Waals surface area contributed by atoms with E-state index in [4.69, 9.17) is 9.84 Å². The van der Waals surface area contributed by atoms with E-state index in [9.17, 15) is 9.59 Å². The number of carboxylic acid groups (broad SMARTS) is 1. The van der Waals surface area contributed by atoms with Gasteiger partial charge in [-0.1, -0.05) is 0 Å². The third-order valence-electron chi connectivity index (χ3n) is 5.19. The van der Waals surface area contributed by atoms with Gasteiger partial charge >= 0.3 is 12.1 Å². The van der Waals surface area contributed by atoms with Gasteiger partial charge in [-0.2, -0.15) is 0 Å². The molecule has 1 fully saturated rings. The highest BCUT2D eigenvalue weighted by Crippen LogP contribution is 2.21. The smallest absolute Gasteiger partial charge is 0.407 e. The maximum absolute atomic E-state index is 11.7. The third-order valence-corrected chi connectivity index (χ3v) is 5.19. The molecule has 2 aliphatic rings. The molecule has 0 unspecified atom stereocenters. The van der Waals surface area contributed by atoms with Crippen molar-refractivity contribution in [1.82, 2.24) is 24.8 Å². The van der Waals surface area contributed by atoms with Gasteiger partial charge in [-0.25, -0.2) is 29.5 Å². The molecule has 4 rings (SSSR count). The van der Waals surface area contributed by atoms with Crippen LogP contribution in [0.3, 0.4) is 0 Å². The van der Waals surface area contributed by atoms with E-state index in [0.29, 0.717) is 69.8 Å². The molecule has 11 nitrogen and oxygen atoms in total. The fraction of sp³-hybridized carbons (Fsp3) is 0.474. The van der Waals surface area contributed by atoms with Crippen LogP contribution in [0.15, 0.2) is 18.6 Å². The molecule has 2 aliphatic heterocycles. The number of hydrogen-bond acceptors (Lipinski definition) is 9. The number of carbonyl (C=O) groups is 2. The Kier molecular flexibility index (Phi) is 5.59. The van der Waals surface area contributed by atoms with Crippen LogP contribution in [0, 0.1) is 0 Å². The van der Waals surface area contributed by atoms with Gasteiger partial charge in [0.1, 0.15) is 0 Å². The van der Waals surface area contributed by atoms with Gasteiger partial charge in [-0.3, -0.25) is 0 Å². The maximum Gasteiger partial charge on any atom is 0.407 e. The number of amides is 1. The van der Waals surface area contributed by atoms with E-state index in [1.165, 1.54) is 17.3 Å². The van der Waals surface area contributed by atoms with Crippen LogP contribution in [0.4, 0.5) is 16.7 Å². The summed E-state index contributed by atoms with van der Waals surface area (Å²) in [4.78, 5) is 46.1. The van der Waals surface area contributed by atoms with Crippen LogP contribution in [0.5, 0.6) is 0 Å². The topological polar surface area (TPSA) is 125 Å². The number of ether oxygens (including phenoxy) is 1. The molecule has 158 valence electrons. The zero-order valence-electron chi connectivity index (χ0n) is 16.7. The summed E-state index contributed by atoms with van der Waals surface area (Å²) < 4.78 is 4.95. The average molecular weight is 413 g/mol. The molecule has 0 saturated carbocycles. The second-order valence-corrected chi connectivity index (χ2v) is 7.06. The zero-order chi connectivity index (χ0) is 21.1. The minimum absolute atomic E-state index is 0.311. The Labute approximate surface area is 173 Å². The summed E-state index contributed by atoms with van der Waals surface area (Å²) in [6, 6.07) is 0. The Balaban J connectivity index is 1.37. The molecule has 1 amide bonds. The highest BCUT2D eigenvalue weighted by atomic mass is 16.5. The van der Waals surface area contributed by atoms with E-state index in [-0.39, 0.29) is 0 Å². The van der Waals surface area contributed by atoms with Gasteiger partial charge < -0.3 is 24.5 Å². The standard InChI is InChI=1S/C19H23N7O4/c1-2-30-16(27)13-9-20-17(21-10-13)24-5-7-25(8-6-24)18-22-11-14-12-26(19(28)29)4-3-15(14)23-18/h9-11H,2-8,12H2,1H3,(H,28,29). The number of esters is 1. The molecule has 30 heavy (non-hydrogen) atoms. The molecule has 1 saturated heterocycles. The third kappa shape index (κ3) is 4.09. The van der Waals surface area contributed by atoms with Crippen molar-refractivity contribution in [2.24, 2.45) is 0 Å². The lowest BCUT2D eigenvalue weighted by Gasteiger charge is -2.35. The molecule has 0 aliphatic carbocycles. The Morgan fingerprint density at radius 1 is 1.00 bits per heavy atom. The van der Waals surface area contributed by atoms with Crippen LogP contribution in [0.25, 0.3) is 0 Å². The normalized spacial score (nSPS) is 16.2. The van der Waals surface area contributed by atoms with E-state index in [2.05, 4.69) is 29.7 Å². The highest BCUT2D eigenvalue weighted by molar-refractivity contribution is 5.88. The van der Waals surface area contributed by atoms with Gasteiger partial charge in [0.15, 0.2) is 0 Å². The first-order valence-electron chi connectivity index (χ1n) is 9.87. The molecule has 1 N–H and O–H groups in total. The van der Waals surface area contributed by atoms with Crippen molar-refractivity contribution in [2.45, 2.75) is 19.9 Å². The molecule has 2 aromatic heterocycles. The van der Waals surface area contributed by atoms with Crippen molar-refractivity contribution in [3.63, 3.8) is 0 Å². The van der Waals surface area contributed by atoms with Gasteiger partial charge in [0.05, 0.1) is 24.4 Å². The summed E-state index contributed by atoms with van der Waals surface area (Å²) in [5.41, 5.74) is 2.11. The highest BCUT2D eigenvalue weighted by Gasteiger charge is 2.25. The largest absolute Gasteiger partial charge is 0.465 e. The second kappa shape index (κ2) is 8.47. The summed E-state index contributed by atoms with van der Waals surface area (Å²) in [5.74, 6) is 0.809. The molecular formula is C19H23N7O4. The number of hydrogen-bond donors (Lipinski definition) is 1. The van der Waals surface area contributed by atoms with Crippen molar-refractivity contribution < 1.29 is 19.4 Å². The van der Waals surface area contributed by atoms with Crippen LogP contribution in [0.2, 0.25) is 0 Å². The summed E-state index contributed by atoms with van der Waals surface area (Å²) in [5, 5.41) is 9.15. The minimum atomic E-state index is -0.918. The summed E-state index contributed by atoms with van der Waals surface area (Å²) in [6.45, 7) is 5.67. The van der Waals surface area contributed by atoms with Crippen molar-refractivity contribution in [1.29, 1.82) is 0 Å². The first-order valence-corrected chi connectivity index (χ1v) is 9.87. The molecule has 11 heteroatoms. The Morgan fingerprint density at radius 3 is 2.27 bits per heavy atom. The van der Waals surface area contributed by atoms with Gasteiger partial charge in [0, 0.05) is 63.3 Å². The van der Waals surface area contributed by atoms with Crippen LogP contribution in [-0.2, 0) is 17.7 Å². The first kappa shape index (κ1) is 19.8. The monoisotopic (exact) mass is 413 g/mol. The fourth-order valence-corrected chi connectivity index (χ4v) is 3.53.